The molecule has 4 rings (SSSR count). The molecular formula is C20H15ClN4O3. The molecule has 1 unspecified atom stereocenters. The lowest BCUT2D eigenvalue weighted by Gasteiger charge is -2.24. The summed E-state index contributed by atoms with van der Waals surface area (Å²) in [5.74, 6) is 0.0180. The molecule has 1 aliphatic heterocycles. The minimum atomic E-state index is -0.548. The average molecular weight is 395 g/mol. The summed E-state index contributed by atoms with van der Waals surface area (Å²) < 4.78 is 10.8. The molecule has 4 N–H and O–H groups in total. The third-order valence-corrected chi connectivity index (χ3v) is 4.86. The van der Waals surface area contributed by atoms with Gasteiger partial charge in [0, 0.05) is 10.6 Å². The van der Waals surface area contributed by atoms with Crippen LogP contribution in [0.15, 0.2) is 53.9 Å². The molecule has 1 aliphatic rings. The van der Waals surface area contributed by atoms with Crippen molar-refractivity contribution >= 4 is 11.6 Å². The normalized spacial score (nSPS) is 15.5. The molecule has 28 heavy (non-hydrogen) atoms. The van der Waals surface area contributed by atoms with Gasteiger partial charge in [0.1, 0.15) is 11.6 Å². The van der Waals surface area contributed by atoms with E-state index in [1.807, 2.05) is 12.1 Å². The van der Waals surface area contributed by atoms with Crippen molar-refractivity contribution in [3.63, 3.8) is 0 Å². The summed E-state index contributed by atoms with van der Waals surface area (Å²) in [6.07, 6.45) is 0. The summed E-state index contributed by atoms with van der Waals surface area (Å²) in [4.78, 5) is 0. The van der Waals surface area contributed by atoms with Gasteiger partial charge in [-0.1, -0.05) is 29.8 Å². The molecule has 1 atom stereocenters. The van der Waals surface area contributed by atoms with Crippen molar-refractivity contribution in [2.75, 3.05) is 7.11 Å². The van der Waals surface area contributed by atoms with Crippen molar-refractivity contribution in [2.24, 2.45) is 5.73 Å². The van der Waals surface area contributed by atoms with Crippen LogP contribution in [0.1, 0.15) is 17.0 Å². The molecule has 7 nitrogen and oxygen atoms in total. The molecular weight excluding hydrogens is 380 g/mol. The third kappa shape index (κ3) is 2.80. The summed E-state index contributed by atoms with van der Waals surface area (Å²) in [5.41, 5.74) is 9.11. The van der Waals surface area contributed by atoms with Crippen molar-refractivity contribution in [3.8, 4) is 34.7 Å². The standard InChI is InChI=1S/C20H15ClN4O3/c1-27-15-8-11(4-7-14(15)26)16-13(9-22)19(23)28-20-17(16)18(24-25-20)10-2-5-12(21)6-3-10/h2-8,16,26H,23H2,1H3,(H,24,25). The van der Waals surface area contributed by atoms with Crippen LogP contribution in [-0.4, -0.2) is 22.4 Å². The zero-order valence-corrected chi connectivity index (χ0v) is 15.5. The Morgan fingerprint density at radius 2 is 2.04 bits per heavy atom. The van der Waals surface area contributed by atoms with Gasteiger partial charge in [0.05, 0.1) is 24.3 Å². The van der Waals surface area contributed by atoms with E-state index in [0.717, 1.165) is 5.56 Å². The minimum absolute atomic E-state index is 0.000824. The van der Waals surface area contributed by atoms with E-state index in [9.17, 15) is 10.4 Å². The summed E-state index contributed by atoms with van der Waals surface area (Å²) in [6.45, 7) is 0. The first-order valence-electron chi connectivity index (χ1n) is 8.32. The van der Waals surface area contributed by atoms with Gasteiger partial charge in [-0.05, 0) is 29.8 Å². The highest BCUT2D eigenvalue weighted by molar-refractivity contribution is 6.30. The van der Waals surface area contributed by atoms with E-state index in [0.29, 0.717) is 27.7 Å². The smallest absolute Gasteiger partial charge is 0.244 e. The Morgan fingerprint density at radius 3 is 2.71 bits per heavy atom. The molecule has 8 heteroatoms. The molecule has 0 spiro atoms. The topological polar surface area (TPSA) is 117 Å². The fourth-order valence-corrected chi connectivity index (χ4v) is 3.41. The van der Waals surface area contributed by atoms with E-state index >= 15 is 0 Å². The first-order valence-corrected chi connectivity index (χ1v) is 8.70. The van der Waals surface area contributed by atoms with Crippen LogP contribution in [0.25, 0.3) is 11.3 Å². The number of aromatic amines is 1. The number of phenolic OH excluding ortho intramolecular Hbond substituents is 1. The van der Waals surface area contributed by atoms with Crippen LogP contribution in [0.4, 0.5) is 0 Å². The molecule has 0 fully saturated rings. The van der Waals surface area contributed by atoms with Gasteiger partial charge in [0.25, 0.3) is 0 Å². The molecule has 3 aromatic rings. The Balaban J connectivity index is 1.94. The number of benzene rings is 2. The molecule has 1 aromatic heterocycles. The number of methoxy groups -OCH3 is 1. The number of ether oxygens (including phenoxy) is 2. The fraction of sp³-hybridized carbons (Fsp3) is 0.100. The molecule has 0 amide bonds. The molecule has 0 aliphatic carbocycles. The van der Waals surface area contributed by atoms with Gasteiger partial charge in [0.2, 0.25) is 11.8 Å². The number of aromatic nitrogens is 2. The zero-order valence-electron chi connectivity index (χ0n) is 14.7. The number of nitriles is 1. The van der Waals surface area contributed by atoms with Crippen LogP contribution < -0.4 is 15.2 Å². The second kappa shape index (κ2) is 6.83. The van der Waals surface area contributed by atoms with Crippen LogP contribution in [0.3, 0.4) is 0 Å². The van der Waals surface area contributed by atoms with Crippen molar-refractivity contribution < 1.29 is 14.6 Å². The van der Waals surface area contributed by atoms with E-state index < -0.39 is 5.92 Å². The van der Waals surface area contributed by atoms with E-state index in [1.165, 1.54) is 13.2 Å². The predicted octanol–water partition coefficient (Wildman–Crippen LogP) is 3.66. The number of aromatic hydroxyl groups is 1. The molecule has 0 bridgehead atoms. The quantitative estimate of drug-likeness (QED) is 0.624. The maximum absolute atomic E-state index is 9.94. The van der Waals surface area contributed by atoms with Gasteiger partial charge < -0.3 is 20.3 Å². The number of halogens is 1. The van der Waals surface area contributed by atoms with Crippen molar-refractivity contribution in [1.29, 1.82) is 5.26 Å². The van der Waals surface area contributed by atoms with Gasteiger partial charge in [-0.2, -0.15) is 5.26 Å². The molecule has 0 radical (unpaired) electrons. The highest BCUT2D eigenvalue weighted by Gasteiger charge is 2.36. The van der Waals surface area contributed by atoms with Gasteiger partial charge in [0.15, 0.2) is 11.5 Å². The van der Waals surface area contributed by atoms with Crippen molar-refractivity contribution in [1.82, 2.24) is 10.2 Å². The Bertz CT molecular complexity index is 1130. The number of rotatable bonds is 3. The second-order valence-corrected chi connectivity index (χ2v) is 6.62. The van der Waals surface area contributed by atoms with Crippen LogP contribution in [-0.2, 0) is 0 Å². The van der Waals surface area contributed by atoms with Crippen LogP contribution in [0.2, 0.25) is 5.02 Å². The molecule has 2 heterocycles. The summed E-state index contributed by atoms with van der Waals surface area (Å²) >= 11 is 6.00. The van der Waals surface area contributed by atoms with Gasteiger partial charge in [-0.3, -0.25) is 5.10 Å². The first-order chi connectivity index (χ1) is 13.5. The highest BCUT2D eigenvalue weighted by atomic mass is 35.5. The number of nitrogens with one attached hydrogen (secondary N) is 1. The van der Waals surface area contributed by atoms with E-state index in [-0.39, 0.29) is 23.0 Å². The Hall–Kier alpha value is -3.63. The van der Waals surface area contributed by atoms with Crippen LogP contribution >= 0.6 is 11.6 Å². The highest BCUT2D eigenvalue weighted by Crippen LogP contribution is 2.46. The maximum Gasteiger partial charge on any atom is 0.244 e. The maximum atomic E-state index is 9.94. The predicted molar refractivity (Wildman–Crippen MR) is 103 cm³/mol. The average Bonchev–Trinajstić information content (AvgIpc) is 3.11. The number of phenols is 1. The Labute approximate surface area is 165 Å². The van der Waals surface area contributed by atoms with Gasteiger partial charge in [-0.15, -0.1) is 5.10 Å². The fourth-order valence-electron chi connectivity index (χ4n) is 3.29. The number of H-pyrrole nitrogens is 1. The third-order valence-electron chi connectivity index (χ3n) is 4.61. The number of fused-ring (bicyclic) bond motifs is 1. The number of hydrogen-bond donors (Lipinski definition) is 3. The zero-order chi connectivity index (χ0) is 19.8. The van der Waals surface area contributed by atoms with E-state index in [1.54, 1.807) is 24.3 Å². The number of nitrogens with two attached hydrogens (primary N) is 1. The molecule has 0 saturated heterocycles. The Kier molecular flexibility index (Phi) is 4.34. The molecule has 2 aromatic carbocycles. The molecule has 0 saturated carbocycles. The lowest BCUT2D eigenvalue weighted by Crippen LogP contribution is -2.21. The lowest BCUT2D eigenvalue weighted by molar-refractivity contribution is 0.371. The SMILES string of the molecule is COc1cc(C2C(C#N)=C(N)Oc3n[nH]c(-c4ccc(Cl)cc4)c32)ccc1O. The summed E-state index contributed by atoms with van der Waals surface area (Å²) in [5, 5.41) is 27.5. The van der Waals surface area contributed by atoms with E-state index in [4.69, 9.17) is 26.8 Å². The first kappa shape index (κ1) is 17.8. The molecule has 140 valence electrons. The summed E-state index contributed by atoms with van der Waals surface area (Å²) in [6, 6.07) is 14.2. The number of hydrogen-bond acceptors (Lipinski definition) is 6. The lowest BCUT2D eigenvalue weighted by atomic mass is 9.83. The van der Waals surface area contributed by atoms with Crippen LogP contribution in [0.5, 0.6) is 17.4 Å². The minimum Gasteiger partial charge on any atom is -0.504 e. The van der Waals surface area contributed by atoms with E-state index in [2.05, 4.69) is 16.3 Å². The van der Waals surface area contributed by atoms with Crippen LogP contribution in [0, 0.1) is 11.3 Å². The second-order valence-electron chi connectivity index (χ2n) is 6.18. The number of nitrogens with zero attached hydrogens (tertiary/aromatic N) is 2. The van der Waals surface area contributed by atoms with Crippen molar-refractivity contribution in [2.45, 2.75) is 5.92 Å². The van der Waals surface area contributed by atoms with Crippen molar-refractivity contribution in [3.05, 3.63) is 70.1 Å². The number of allylic oxidation sites excluding steroid dienone is 1. The monoisotopic (exact) mass is 394 g/mol. The largest absolute Gasteiger partial charge is 0.504 e. The Morgan fingerprint density at radius 1 is 1.29 bits per heavy atom. The summed E-state index contributed by atoms with van der Waals surface area (Å²) in [7, 11) is 1.46. The van der Waals surface area contributed by atoms with Gasteiger partial charge in [-0.25, -0.2) is 0 Å². The van der Waals surface area contributed by atoms with Gasteiger partial charge >= 0.3 is 0 Å².